The highest BCUT2D eigenvalue weighted by Gasteiger charge is 2.11. The molecule has 1 amide bonds. The van der Waals surface area contributed by atoms with Gasteiger partial charge in [-0.05, 0) is 31.2 Å². The molecule has 0 bridgehead atoms. The largest absolute Gasteiger partial charge is 0.465 e. The zero-order valence-corrected chi connectivity index (χ0v) is 13.8. The zero-order valence-electron chi connectivity index (χ0n) is 13.8. The number of anilines is 1. The lowest BCUT2D eigenvalue weighted by Crippen LogP contribution is -2.13. The second-order valence-corrected chi connectivity index (χ2v) is 5.46. The number of hydrogen-bond donors (Lipinski definition) is 2. The van der Waals surface area contributed by atoms with E-state index in [1.54, 1.807) is 43.3 Å². The average molecular weight is 346 g/mol. The SMILES string of the molecule is Cc1cc(=O)[nH]c(-c2cccc(NC(=O)/C(C#N)=C\c3ccco3)c2)n1. The number of rotatable bonds is 4. The van der Waals surface area contributed by atoms with Crippen molar-refractivity contribution in [3.8, 4) is 17.5 Å². The number of hydrogen-bond acceptors (Lipinski definition) is 5. The number of nitrogens with zero attached hydrogens (tertiary/aromatic N) is 2. The van der Waals surface area contributed by atoms with E-state index in [4.69, 9.17) is 4.42 Å². The molecule has 3 rings (SSSR count). The smallest absolute Gasteiger partial charge is 0.266 e. The Kier molecular flexibility index (Phi) is 4.76. The van der Waals surface area contributed by atoms with Gasteiger partial charge in [0.15, 0.2) is 0 Å². The molecule has 0 aliphatic heterocycles. The average Bonchev–Trinajstić information content (AvgIpc) is 3.12. The molecule has 0 fully saturated rings. The van der Waals surface area contributed by atoms with Crippen molar-refractivity contribution in [3.63, 3.8) is 0 Å². The van der Waals surface area contributed by atoms with Crippen LogP contribution in [0.5, 0.6) is 0 Å². The van der Waals surface area contributed by atoms with E-state index in [0.29, 0.717) is 28.5 Å². The Morgan fingerprint density at radius 3 is 2.85 bits per heavy atom. The first kappa shape index (κ1) is 16.9. The Morgan fingerprint density at radius 2 is 2.15 bits per heavy atom. The van der Waals surface area contributed by atoms with Gasteiger partial charge in [0.2, 0.25) is 0 Å². The topological polar surface area (TPSA) is 112 Å². The quantitative estimate of drug-likeness (QED) is 0.557. The predicted molar refractivity (Wildman–Crippen MR) is 96.0 cm³/mol. The fourth-order valence-electron chi connectivity index (χ4n) is 2.32. The summed E-state index contributed by atoms with van der Waals surface area (Å²) in [6.45, 7) is 1.73. The molecule has 7 heteroatoms. The normalized spacial score (nSPS) is 11.0. The Balaban J connectivity index is 1.85. The highest BCUT2D eigenvalue weighted by Crippen LogP contribution is 2.19. The summed E-state index contributed by atoms with van der Waals surface area (Å²) < 4.78 is 5.12. The van der Waals surface area contributed by atoms with Gasteiger partial charge in [-0.3, -0.25) is 9.59 Å². The maximum atomic E-state index is 12.3. The summed E-state index contributed by atoms with van der Waals surface area (Å²) in [6.07, 6.45) is 2.82. The summed E-state index contributed by atoms with van der Waals surface area (Å²) >= 11 is 0. The summed E-state index contributed by atoms with van der Waals surface area (Å²) in [5.41, 5.74) is 1.35. The molecular weight excluding hydrogens is 332 g/mol. The van der Waals surface area contributed by atoms with Crippen LogP contribution < -0.4 is 10.9 Å². The number of furan rings is 1. The standard InChI is InChI=1S/C19H14N4O3/c1-12-8-17(24)23-18(21-12)13-4-2-5-15(9-13)22-19(25)14(11-20)10-16-6-3-7-26-16/h2-10H,1H3,(H,22,25)(H,21,23,24)/b14-10-. The predicted octanol–water partition coefficient (Wildman–Crippen LogP) is 2.88. The molecule has 2 N–H and O–H groups in total. The van der Waals surface area contributed by atoms with Crippen molar-refractivity contribution in [2.24, 2.45) is 0 Å². The third kappa shape index (κ3) is 3.94. The summed E-state index contributed by atoms with van der Waals surface area (Å²) in [4.78, 5) is 30.9. The van der Waals surface area contributed by atoms with Crippen LogP contribution in [0.3, 0.4) is 0 Å². The van der Waals surface area contributed by atoms with Gasteiger partial charge in [0.25, 0.3) is 11.5 Å². The third-order valence-electron chi connectivity index (χ3n) is 3.46. The molecule has 2 heterocycles. The minimum absolute atomic E-state index is 0.0903. The lowest BCUT2D eigenvalue weighted by molar-refractivity contribution is -0.112. The Bertz CT molecular complexity index is 1070. The van der Waals surface area contributed by atoms with Crippen LogP contribution in [0.2, 0.25) is 0 Å². The van der Waals surface area contributed by atoms with Crippen molar-refractivity contribution in [1.29, 1.82) is 5.26 Å². The summed E-state index contributed by atoms with van der Waals surface area (Å²) in [5, 5.41) is 11.9. The summed E-state index contributed by atoms with van der Waals surface area (Å²) in [7, 11) is 0. The van der Waals surface area contributed by atoms with E-state index in [9.17, 15) is 14.9 Å². The van der Waals surface area contributed by atoms with Crippen LogP contribution in [0.15, 0.2) is 63.5 Å². The fraction of sp³-hybridized carbons (Fsp3) is 0.0526. The van der Waals surface area contributed by atoms with Crippen molar-refractivity contribution >= 4 is 17.7 Å². The van der Waals surface area contributed by atoms with E-state index in [0.717, 1.165) is 0 Å². The second kappa shape index (κ2) is 7.32. The molecule has 0 atom stereocenters. The number of carbonyl (C=O) groups excluding carboxylic acids is 1. The molecular formula is C19H14N4O3. The van der Waals surface area contributed by atoms with Crippen molar-refractivity contribution < 1.29 is 9.21 Å². The van der Waals surface area contributed by atoms with Gasteiger partial charge in [-0.15, -0.1) is 0 Å². The molecule has 2 aromatic heterocycles. The molecule has 128 valence electrons. The lowest BCUT2D eigenvalue weighted by Gasteiger charge is -2.07. The van der Waals surface area contributed by atoms with E-state index in [1.165, 1.54) is 18.4 Å². The zero-order chi connectivity index (χ0) is 18.5. The molecule has 0 aliphatic carbocycles. The first-order valence-corrected chi connectivity index (χ1v) is 7.70. The summed E-state index contributed by atoms with van der Waals surface area (Å²) in [6, 6.07) is 13.4. The Labute approximate surface area is 148 Å². The molecule has 0 aliphatic rings. The van der Waals surface area contributed by atoms with Gasteiger partial charge >= 0.3 is 0 Å². The van der Waals surface area contributed by atoms with Gasteiger partial charge in [-0.25, -0.2) is 4.98 Å². The number of nitrogens with one attached hydrogen (secondary N) is 2. The molecule has 7 nitrogen and oxygen atoms in total. The fourth-order valence-corrected chi connectivity index (χ4v) is 2.32. The van der Waals surface area contributed by atoms with Crippen LogP contribution in [0.25, 0.3) is 17.5 Å². The number of aromatic nitrogens is 2. The highest BCUT2D eigenvalue weighted by molar-refractivity contribution is 6.09. The lowest BCUT2D eigenvalue weighted by atomic mass is 10.1. The van der Waals surface area contributed by atoms with Crippen LogP contribution in [0.4, 0.5) is 5.69 Å². The first-order chi connectivity index (χ1) is 12.5. The highest BCUT2D eigenvalue weighted by atomic mass is 16.3. The number of carbonyl (C=O) groups is 1. The first-order valence-electron chi connectivity index (χ1n) is 7.70. The van der Waals surface area contributed by atoms with Crippen LogP contribution >= 0.6 is 0 Å². The number of nitriles is 1. The van der Waals surface area contributed by atoms with Crippen LogP contribution in [-0.2, 0) is 4.79 Å². The Morgan fingerprint density at radius 1 is 1.31 bits per heavy atom. The minimum atomic E-state index is -0.563. The van der Waals surface area contributed by atoms with Crippen LogP contribution in [0, 0.1) is 18.3 Å². The molecule has 3 aromatic rings. The second-order valence-electron chi connectivity index (χ2n) is 5.46. The van der Waals surface area contributed by atoms with E-state index < -0.39 is 5.91 Å². The number of H-pyrrole nitrogens is 1. The van der Waals surface area contributed by atoms with Crippen molar-refractivity contribution in [2.75, 3.05) is 5.32 Å². The number of amides is 1. The molecule has 0 spiro atoms. The van der Waals surface area contributed by atoms with Crippen LogP contribution in [-0.4, -0.2) is 15.9 Å². The Hall–Kier alpha value is -3.92. The van der Waals surface area contributed by atoms with Gasteiger partial charge in [0.1, 0.15) is 23.2 Å². The molecule has 0 saturated heterocycles. The van der Waals surface area contributed by atoms with E-state index >= 15 is 0 Å². The maximum absolute atomic E-state index is 12.3. The van der Waals surface area contributed by atoms with Crippen molar-refractivity contribution in [1.82, 2.24) is 9.97 Å². The minimum Gasteiger partial charge on any atom is -0.465 e. The molecule has 0 radical (unpaired) electrons. The van der Waals surface area contributed by atoms with Gasteiger partial charge in [-0.1, -0.05) is 12.1 Å². The molecule has 26 heavy (non-hydrogen) atoms. The summed E-state index contributed by atoms with van der Waals surface area (Å²) in [5.74, 6) is 0.247. The monoisotopic (exact) mass is 346 g/mol. The van der Waals surface area contributed by atoms with Gasteiger partial charge in [0.05, 0.1) is 6.26 Å². The van der Waals surface area contributed by atoms with Gasteiger partial charge in [-0.2, -0.15) is 5.26 Å². The van der Waals surface area contributed by atoms with Gasteiger partial charge in [0, 0.05) is 29.1 Å². The van der Waals surface area contributed by atoms with Crippen molar-refractivity contribution in [2.45, 2.75) is 6.92 Å². The van der Waals surface area contributed by atoms with Gasteiger partial charge < -0.3 is 14.7 Å². The van der Waals surface area contributed by atoms with E-state index in [1.807, 2.05) is 6.07 Å². The third-order valence-corrected chi connectivity index (χ3v) is 3.46. The van der Waals surface area contributed by atoms with Crippen LogP contribution in [0.1, 0.15) is 11.5 Å². The number of benzene rings is 1. The van der Waals surface area contributed by atoms with E-state index in [-0.39, 0.29) is 11.1 Å². The maximum Gasteiger partial charge on any atom is 0.266 e. The van der Waals surface area contributed by atoms with Crippen molar-refractivity contribution in [3.05, 3.63) is 76.1 Å². The number of aryl methyl sites for hydroxylation is 1. The van der Waals surface area contributed by atoms with E-state index in [2.05, 4.69) is 15.3 Å². The molecule has 0 unspecified atom stereocenters. The number of aromatic amines is 1. The molecule has 1 aromatic carbocycles. The molecule has 0 saturated carbocycles.